The predicted octanol–water partition coefficient (Wildman–Crippen LogP) is 4.14. The van der Waals surface area contributed by atoms with Crippen molar-refractivity contribution in [2.75, 3.05) is 13.2 Å². The van der Waals surface area contributed by atoms with E-state index in [0.717, 1.165) is 13.2 Å². The Morgan fingerprint density at radius 3 is 2.41 bits per heavy atom. The summed E-state index contributed by atoms with van der Waals surface area (Å²) in [4.78, 5) is 0. The number of allylic oxidation sites excluding steroid dienone is 4. The van der Waals surface area contributed by atoms with E-state index in [-0.39, 0.29) is 0 Å². The van der Waals surface area contributed by atoms with Crippen LogP contribution in [0.3, 0.4) is 0 Å². The summed E-state index contributed by atoms with van der Waals surface area (Å²) in [5, 5.41) is 0. The summed E-state index contributed by atoms with van der Waals surface area (Å²) in [6.07, 6.45) is 15.4. The van der Waals surface area contributed by atoms with Crippen molar-refractivity contribution in [3.8, 4) is 0 Å². The van der Waals surface area contributed by atoms with E-state index in [1.165, 1.54) is 79.3 Å². The SMILES string of the molecule is C1CCOC1.CCCCCCC1=[C]([Na])CC=C1. The molecule has 0 unspecified atom stereocenters. The van der Waals surface area contributed by atoms with Crippen LogP contribution < -0.4 is 0 Å². The van der Waals surface area contributed by atoms with E-state index < -0.39 is 0 Å². The van der Waals surface area contributed by atoms with Gasteiger partial charge in [-0.2, -0.15) is 0 Å². The van der Waals surface area contributed by atoms with Crippen molar-refractivity contribution in [2.45, 2.75) is 58.3 Å². The molecule has 0 radical (unpaired) electrons. The Hall–Kier alpha value is 0.440. The van der Waals surface area contributed by atoms with Crippen molar-refractivity contribution < 1.29 is 4.74 Å². The van der Waals surface area contributed by atoms with Crippen LogP contribution in [-0.2, 0) is 4.74 Å². The molecule has 1 nitrogen and oxygen atoms in total. The fraction of sp³-hybridized carbons (Fsp3) is 0.733. The summed E-state index contributed by atoms with van der Waals surface area (Å²) < 4.78 is 6.67. The number of hydrogen-bond acceptors (Lipinski definition) is 1. The molecule has 0 spiro atoms. The van der Waals surface area contributed by atoms with Crippen LogP contribution in [0.1, 0.15) is 58.3 Å². The van der Waals surface area contributed by atoms with Gasteiger partial charge in [-0.1, -0.05) is 0 Å². The van der Waals surface area contributed by atoms with Crippen LogP contribution in [0.4, 0.5) is 0 Å². The van der Waals surface area contributed by atoms with Crippen LogP contribution in [-0.4, -0.2) is 41.1 Å². The predicted molar refractivity (Wildman–Crippen MR) is 75.3 cm³/mol. The summed E-state index contributed by atoms with van der Waals surface area (Å²) in [6.45, 7) is 4.27. The van der Waals surface area contributed by atoms with Crippen LogP contribution >= 0.6 is 0 Å². The van der Waals surface area contributed by atoms with Gasteiger partial charge in [-0.25, -0.2) is 0 Å². The molecule has 1 saturated heterocycles. The quantitative estimate of drug-likeness (QED) is 0.522. The number of ether oxygens (including phenoxy) is 1. The van der Waals surface area contributed by atoms with E-state index in [1.807, 2.05) is 0 Å². The second-order valence-corrected chi connectivity index (χ2v) is 6.25. The van der Waals surface area contributed by atoms with Gasteiger partial charge in [0.05, 0.1) is 0 Å². The van der Waals surface area contributed by atoms with Crippen LogP contribution in [0.25, 0.3) is 0 Å². The van der Waals surface area contributed by atoms with Crippen LogP contribution in [0.15, 0.2) is 20.5 Å². The van der Waals surface area contributed by atoms with Crippen molar-refractivity contribution >= 4 is 27.9 Å². The molecule has 92 valence electrons. The molecule has 0 N–H and O–H groups in total. The fourth-order valence-corrected chi connectivity index (χ4v) is 2.85. The molecule has 2 aliphatic rings. The van der Waals surface area contributed by atoms with Gasteiger partial charge >= 0.3 is 93.9 Å². The monoisotopic (exact) mass is 244 g/mol. The van der Waals surface area contributed by atoms with Gasteiger partial charge in [-0.05, 0) is 12.8 Å². The van der Waals surface area contributed by atoms with Crippen molar-refractivity contribution in [3.05, 3.63) is 20.5 Å². The minimum absolute atomic E-state index is 1.00. The molecule has 0 amide bonds. The molecule has 0 bridgehead atoms. The van der Waals surface area contributed by atoms with Gasteiger partial charge in [-0.15, -0.1) is 0 Å². The van der Waals surface area contributed by atoms with Crippen molar-refractivity contribution in [1.82, 2.24) is 0 Å². The molecule has 1 fully saturated rings. The summed E-state index contributed by atoms with van der Waals surface area (Å²) >= 11 is 1.27. The van der Waals surface area contributed by atoms with Gasteiger partial charge in [0.25, 0.3) is 0 Å². The summed E-state index contributed by atoms with van der Waals surface area (Å²) in [5.74, 6) is 0. The van der Waals surface area contributed by atoms with Crippen LogP contribution in [0, 0.1) is 0 Å². The molecule has 2 heteroatoms. The zero-order valence-corrected chi connectivity index (χ0v) is 13.6. The maximum atomic E-state index is 4.94. The summed E-state index contributed by atoms with van der Waals surface area (Å²) in [5.41, 5.74) is 1.66. The third-order valence-corrected chi connectivity index (χ3v) is 4.47. The van der Waals surface area contributed by atoms with Gasteiger partial charge in [0, 0.05) is 13.2 Å². The van der Waals surface area contributed by atoms with E-state index >= 15 is 0 Å². The van der Waals surface area contributed by atoms with E-state index in [2.05, 4.69) is 19.1 Å². The Morgan fingerprint density at radius 1 is 1.18 bits per heavy atom. The van der Waals surface area contributed by atoms with Gasteiger partial charge in [-0.3, -0.25) is 0 Å². The zero-order chi connectivity index (χ0) is 12.3. The standard InChI is InChI=1S/C11H17.C4H8O.Na/c1-2-3-4-5-8-11-9-6-7-10-11;1-2-4-5-3-1;/h6,9H,2-5,7-8H2,1H3;1-4H2;. The number of unbranched alkanes of at least 4 members (excludes halogenated alkanes) is 3. The van der Waals surface area contributed by atoms with E-state index in [4.69, 9.17) is 4.74 Å². The van der Waals surface area contributed by atoms with Crippen molar-refractivity contribution in [2.24, 2.45) is 0 Å². The van der Waals surface area contributed by atoms with Gasteiger partial charge in [0.15, 0.2) is 0 Å². The molecular weight excluding hydrogens is 219 g/mol. The van der Waals surface area contributed by atoms with Gasteiger partial charge in [0.1, 0.15) is 0 Å². The van der Waals surface area contributed by atoms with E-state index in [0.29, 0.717) is 0 Å². The Kier molecular flexibility index (Phi) is 9.45. The average Bonchev–Trinajstić information content (AvgIpc) is 2.99. The summed E-state index contributed by atoms with van der Waals surface area (Å²) in [7, 11) is 0. The zero-order valence-electron chi connectivity index (χ0n) is 11.6. The van der Waals surface area contributed by atoms with Gasteiger partial charge < -0.3 is 4.74 Å². The molecule has 0 atom stereocenters. The Morgan fingerprint density at radius 2 is 1.94 bits per heavy atom. The summed E-state index contributed by atoms with van der Waals surface area (Å²) in [6, 6.07) is 0. The average molecular weight is 244 g/mol. The molecule has 2 rings (SSSR count). The molecule has 0 aromatic rings. The first-order valence-corrected chi connectivity index (χ1v) is 8.27. The Bertz CT molecular complexity index is 244. The molecule has 17 heavy (non-hydrogen) atoms. The van der Waals surface area contributed by atoms with Gasteiger partial charge in [0.2, 0.25) is 0 Å². The minimum atomic E-state index is 1.00. The third-order valence-electron chi connectivity index (χ3n) is 3.42. The van der Waals surface area contributed by atoms with Crippen LogP contribution in [0.2, 0.25) is 0 Å². The fourth-order valence-electron chi connectivity index (χ4n) is 2.20. The first kappa shape index (κ1) is 15.5. The second kappa shape index (κ2) is 10.4. The van der Waals surface area contributed by atoms with Crippen molar-refractivity contribution in [3.63, 3.8) is 0 Å². The number of hydrogen-bond donors (Lipinski definition) is 0. The molecule has 1 aliphatic carbocycles. The maximum absolute atomic E-state index is 4.94. The molecule has 1 aliphatic heterocycles. The molecular formula is C15H25NaO. The molecule has 0 aromatic heterocycles. The van der Waals surface area contributed by atoms with E-state index in [9.17, 15) is 0 Å². The Balaban J connectivity index is 0.000000239. The van der Waals surface area contributed by atoms with E-state index in [1.54, 1.807) is 8.40 Å². The molecule has 0 aromatic carbocycles. The third kappa shape index (κ3) is 7.46. The Labute approximate surface area is 124 Å². The molecule has 1 heterocycles. The van der Waals surface area contributed by atoms with Crippen LogP contribution in [0.5, 0.6) is 0 Å². The second-order valence-electron chi connectivity index (χ2n) is 5.04. The number of rotatable bonds is 5. The first-order valence-electron chi connectivity index (χ1n) is 7.27. The molecule has 0 saturated carbocycles. The topological polar surface area (TPSA) is 9.23 Å². The van der Waals surface area contributed by atoms with Crippen molar-refractivity contribution in [1.29, 1.82) is 0 Å². The normalized spacial score (nSPS) is 18.5. The first-order chi connectivity index (χ1) is 8.34.